The number of alkyl halides is 3. The van der Waals surface area contributed by atoms with Crippen LogP contribution in [0.4, 0.5) is 24.0 Å². The lowest BCUT2D eigenvalue weighted by molar-refractivity contribution is -0.137. The number of rotatable bonds is 6. The topological polar surface area (TPSA) is 59.2 Å². The number of benzene rings is 2. The molecule has 0 aliphatic heterocycles. The fourth-order valence-corrected chi connectivity index (χ4v) is 3.75. The number of carbonyl (C=O) groups excluding carboxylic acids is 1. The van der Waals surface area contributed by atoms with Gasteiger partial charge in [-0.1, -0.05) is 29.8 Å². The van der Waals surface area contributed by atoms with Crippen molar-refractivity contribution in [2.24, 2.45) is 5.73 Å². The molecule has 0 radical (unpaired) electrons. The molecule has 29 heavy (non-hydrogen) atoms. The fourth-order valence-electron chi connectivity index (χ4n) is 2.69. The Morgan fingerprint density at radius 2 is 1.93 bits per heavy atom. The molecule has 0 atom stereocenters. The van der Waals surface area contributed by atoms with Crippen molar-refractivity contribution in [3.8, 4) is 11.3 Å². The van der Waals surface area contributed by atoms with E-state index in [-0.39, 0.29) is 23.1 Å². The standard InChI is InChI=1S/C20H17ClF3N3OS/c21-15-6-1-4-13(10-15)17-12-29-19(26-17)27(18(28)8-3-9-25)16-7-2-5-14(11-16)20(22,23)24/h1-2,4-7,10-12H,3,8-9,25H2. The summed E-state index contributed by atoms with van der Waals surface area (Å²) in [7, 11) is 0. The van der Waals surface area contributed by atoms with Crippen molar-refractivity contribution in [3.63, 3.8) is 0 Å². The Kier molecular flexibility index (Phi) is 6.56. The Balaban J connectivity index is 2.02. The molecule has 0 aliphatic carbocycles. The summed E-state index contributed by atoms with van der Waals surface area (Å²) in [6.07, 6.45) is -4.00. The molecule has 3 aromatic rings. The summed E-state index contributed by atoms with van der Waals surface area (Å²) in [5.74, 6) is -0.373. The molecule has 2 N–H and O–H groups in total. The Morgan fingerprint density at radius 3 is 2.62 bits per heavy atom. The van der Waals surface area contributed by atoms with Crippen LogP contribution in [0, 0.1) is 0 Å². The number of hydrogen-bond donors (Lipinski definition) is 1. The van der Waals surface area contributed by atoms with Crippen LogP contribution in [-0.4, -0.2) is 17.4 Å². The predicted octanol–water partition coefficient (Wildman–Crippen LogP) is 5.89. The zero-order valence-corrected chi connectivity index (χ0v) is 16.7. The molecular formula is C20H17ClF3N3OS. The van der Waals surface area contributed by atoms with Gasteiger partial charge in [0.25, 0.3) is 0 Å². The highest BCUT2D eigenvalue weighted by Gasteiger charge is 2.32. The number of halogens is 4. The summed E-state index contributed by atoms with van der Waals surface area (Å²) in [6, 6.07) is 11.7. The van der Waals surface area contributed by atoms with Crippen LogP contribution >= 0.6 is 22.9 Å². The minimum absolute atomic E-state index is 0.0961. The van der Waals surface area contributed by atoms with Crippen LogP contribution in [0.1, 0.15) is 18.4 Å². The van der Waals surface area contributed by atoms with Gasteiger partial charge >= 0.3 is 6.18 Å². The summed E-state index contributed by atoms with van der Waals surface area (Å²) < 4.78 is 39.5. The molecule has 9 heteroatoms. The van der Waals surface area contributed by atoms with E-state index in [0.717, 1.165) is 17.7 Å². The van der Waals surface area contributed by atoms with Crippen molar-refractivity contribution in [1.82, 2.24) is 4.98 Å². The normalized spacial score (nSPS) is 11.5. The number of carbonyl (C=O) groups is 1. The van der Waals surface area contributed by atoms with E-state index in [1.165, 1.54) is 28.4 Å². The maximum absolute atomic E-state index is 13.2. The molecule has 3 rings (SSSR count). The van der Waals surface area contributed by atoms with Gasteiger partial charge in [0, 0.05) is 22.4 Å². The molecule has 0 aliphatic rings. The first-order valence-corrected chi connectivity index (χ1v) is 9.97. The molecule has 0 fully saturated rings. The van der Waals surface area contributed by atoms with Gasteiger partial charge in [-0.2, -0.15) is 13.2 Å². The Morgan fingerprint density at radius 1 is 1.17 bits per heavy atom. The van der Waals surface area contributed by atoms with Crippen molar-refractivity contribution < 1.29 is 18.0 Å². The molecule has 4 nitrogen and oxygen atoms in total. The third-order valence-corrected chi connectivity index (χ3v) is 5.14. The van der Waals surface area contributed by atoms with E-state index >= 15 is 0 Å². The summed E-state index contributed by atoms with van der Waals surface area (Å²) in [6.45, 7) is 0.299. The molecule has 0 saturated heterocycles. The molecule has 1 aromatic heterocycles. The number of hydrogen-bond acceptors (Lipinski definition) is 4. The lowest BCUT2D eigenvalue weighted by Gasteiger charge is -2.21. The third kappa shape index (κ3) is 5.14. The van der Waals surface area contributed by atoms with Gasteiger partial charge in [-0.3, -0.25) is 9.69 Å². The van der Waals surface area contributed by atoms with Gasteiger partial charge in [0.05, 0.1) is 16.9 Å². The molecule has 0 spiro atoms. The average molecular weight is 440 g/mol. The maximum atomic E-state index is 13.2. The molecule has 0 unspecified atom stereocenters. The smallest absolute Gasteiger partial charge is 0.330 e. The van der Waals surface area contributed by atoms with Gasteiger partial charge in [0.1, 0.15) is 0 Å². The Labute approximate surface area is 174 Å². The van der Waals surface area contributed by atoms with Gasteiger partial charge in [-0.25, -0.2) is 4.98 Å². The van der Waals surface area contributed by atoms with Crippen molar-refractivity contribution in [2.75, 3.05) is 11.4 Å². The van der Waals surface area contributed by atoms with Gasteiger partial charge in [-0.15, -0.1) is 11.3 Å². The Hall–Kier alpha value is -2.42. The SMILES string of the molecule is NCCCC(=O)N(c1cccc(C(F)(F)F)c1)c1nc(-c2cccc(Cl)c2)cs1. The highest BCUT2D eigenvalue weighted by Crippen LogP contribution is 2.36. The molecule has 0 saturated carbocycles. The highest BCUT2D eigenvalue weighted by molar-refractivity contribution is 7.14. The summed E-state index contributed by atoms with van der Waals surface area (Å²) in [4.78, 5) is 18.5. The quantitative estimate of drug-likeness (QED) is 0.521. The Bertz CT molecular complexity index is 1010. The average Bonchev–Trinajstić information content (AvgIpc) is 3.16. The second-order valence-electron chi connectivity index (χ2n) is 6.20. The summed E-state index contributed by atoms with van der Waals surface area (Å²) in [5, 5.41) is 2.55. The number of amides is 1. The number of nitrogens with two attached hydrogens (primary N) is 1. The lowest BCUT2D eigenvalue weighted by Crippen LogP contribution is -2.26. The summed E-state index contributed by atoms with van der Waals surface area (Å²) in [5.41, 5.74) is 6.08. The fraction of sp³-hybridized carbons (Fsp3) is 0.200. The van der Waals surface area contributed by atoms with Crippen LogP contribution in [0.15, 0.2) is 53.9 Å². The van der Waals surface area contributed by atoms with Crippen LogP contribution in [0.3, 0.4) is 0 Å². The van der Waals surface area contributed by atoms with E-state index in [4.69, 9.17) is 17.3 Å². The van der Waals surface area contributed by atoms with Crippen LogP contribution < -0.4 is 10.6 Å². The molecule has 0 bridgehead atoms. The molecule has 1 amide bonds. The lowest BCUT2D eigenvalue weighted by atomic mass is 10.1. The van der Waals surface area contributed by atoms with E-state index < -0.39 is 11.7 Å². The van der Waals surface area contributed by atoms with E-state index in [1.54, 1.807) is 23.6 Å². The maximum Gasteiger partial charge on any atom is 0.416 e. The zero-order chi connectivity index (χ0) is 21.0. The summed E-state index contributed by atoms with van der Waals surface area (Å²) >= 11 is 7.19. The number of thiazole rings is 1. The van der Waals surface area contributed by atoms with Crippen LogP contribution in [-0.2, 0) is 11.0 Å². The van der Waals surface area contributed by atoms with Crippen LogP contribution in [0.2, 0.25) is 5.02 Å². The van der Waals surface area contributed by atoms with Crippen LogP contribution in [0.5, 0.6) is 0 Å². The highest BCUT2D eigenvalue weighted by atomic mass is 35.5. The van der Waals surface area contributed by atoms with Gasteiger partial charge < -0.3 is 5.73 Å². The molecule has 2 aromatic carbocycles. The first kappa shape index (κ1) is 21.3. The van der Waals surface area contributed by atoms with Gasteiger partial charge in [0.15, 0.2) is 5.13 Å². The second-order valence-corrected chi connectivity index (χ2v) is 7.47. The predicted molar refractivity (Wildman–Crippen MR) is 109 cm³/mol. The van der Waals surface area contributed by atoms with Gasteiger partial charge in [-0.05, 0) is 43.3 Å². The molecule has 152 valence electrons. The minimum Gasteiger partial charge on any atom is -0.330 e. The van der Waals surface area contributed by atoms with Crippen molar-refractivity contribution in [1.29, 1.82) is 0 Å². The van der Waals surface area contributed by atoms with E-state index in [0.29, 0.717) is 23.7 Å². The number of aromatic nitrogens is 1. The van der Waals surface area contributed by atoms with Crippen molar-refractivity contribution in [3.05, 3.63) is 64.5 Å². The van der Waals surface area contributed by atoms with Crippen molar-refractivity contribution >= 4 is 39.7 Å². The third-order valence-electron chi connectivity index (χ3n) is 4.08. The minimum atomic E-state index is -4.52. The van der Waals surface area contributed by atoms with E-state index in [9.17, 15) is 18.0 Å². The first-order valence-electron chi connectivity index (χ1n) is 8.71. The van der Waals surface area contributed by atoms with E-state index in [2.05, 4.69) is 4.98 Å². The number of anilines is 2. The largest absolute Gasteiger partial charge is 0.416 e. The number of nitrogens with zero attached hydrogens (tertiary/aromatic N) is 2. The van der Waals surface area contributed by atoms with Gasteiger partial charge in [0.2, 0.25) is 5.91 Å². The zero-order valence-electron chi connectivity index (χ0n) is 15.1. The second kappa shape index (κ2) is 8.94. The molecular weight excluding hydrogens is 423 g/mol. The van der Waals surface area contributed by atoms with E-state index in [1.807, 2.05) is 6.07 Å². The molecule has 1 heterocycles. The van der Waals surface area contributed by atoms with Crippen molar-refractivity contribution in [2.45, 2.75) is 19.0 Å². The van der Waals surface area contributed by atoms with Crippen LogP contribution in [0.25, 0.3) is 11.3 Å². The first-order chi connectivity index (χ1) is 13.8. The monoisotopic (exact) mass is 439 g/mol.